The number of hydrogen-bond acceptors (Lipinski definition) is 1. The van der Waals surface area contributed by atoms with Crippen LogP contribution in [-0.4, -0.2) is 0 Å². The van der Waals surface area contributed by atoms with Gasteiger partial charge in [0, 0.05) is 17.7 Å². The van der Waals surface area contributed by atoms with Gasteiger partial charge in [0.1, 0.15) is 0 Å². The molecule has 0 radical (unpaired) electrons. The Balaban J connectivity index is 2.44. The molecule has 1 aliphatic rings. The highest BCUT2D eigenvalue weighted by Crippen LogP contribution is 2.19. The Kier molecular flexibility index (Phi) is 1.79. The van der Waals surface area contributed by atoms with E-state index in [4.69, 9.17) is 0 Å². The summed E-state index contributed by atoms with van der Waals surface area (Å²) in [4.78, 5) is 1.37. The molecule has 0 amide bonds. The first-order valence-electron chi connectivity index (χ1n) is 3.65. The Labute approximate surface area is 70.6 Å². The van der Waals surface area contributed by atoms with E-state index in [-0.39, 0.29) is 0 Å². The average molecular weight is 160 g/mol. The highest BCUT2D eigenvalue weighted by Gasteiger charge is 1.99. The van der Waals surface area contributed by atoms with Gasteiger partial charge in [-0.25, -0.2) is 0 Å². The van der Waals surface area contributed by atoms with Crippen molar-refractivity contribution in [3.05, 3.63) is 28.0 Å². The smallest absolute Gasteiger partial charge is 0.0354 e. The third kappa shape index (κ3) is 1.36. The molecular weight excluding hydrogens is 152 g/mol. The second-order valence-electron chi connectivity index (χ2n) is 2.45. The van der Waals surface area contributed by atoms with Gasteiger partial charge in [0.25, 0.3) is 0 Å². The maximum Gasteiger partial charge on any atom is 0.0354 e. The van der Waals surface area contributed by atoms with Gasteiger partial charge in [0.2, 0.25) is 0 Å². The highest BCUT2D eigenvalue weighted by molar-refractivity contribution is 7.11. The molecule has 1 aromatic rings. The standard InChI is InChI=1S/C10H8S/c1-2-4-6-10-9(5-3-1)7-8-11-10/h4,6-8H,2,5H2/b6-4-. The molecule has 0 atom stereocenters. The van der Waals surface area contributed by atoms with Crippen LogP contribution in [0.1, 0.15) is 16.9 Å². The van der Waals surface area contributed by atoms with Gasteiger partial charge in [0.05, 0.1) is 0 Å². The summed E-state index contributed by atoms with van der Waals surface area (Å²) in [5.74, 6) is 6.22. The van der Waals surface area contributed by atoms with E-state index in [1.165, 1.54) is 10.4 Å². The third-order valence-corrected chi connectivity index (χ3v) is 2.60. The Bertz CT molecular complexity index is 333. The van der Waals surface area contributed by atoms with E-state index in [1.807, 2.05) is 0 Å². The van der Waals surface area contributed by atoms with Crippen molar-refractivity contribution in [2.45, 2.75) is 12.8 Å². The van der Waals surface area contributed by atoms with Crippen LogP contribution in [0.2, 0.25) is 0 Å². The van der Waals surface area contributed by atoms with Crippen LogP contribution in [0.4, 0.5) is 0 Å². The topological polar surface area (TPSA) is 0 Å². The zero-order valence-electron chi connectivity index (χ0n) is 6.13. The fraction of sp³-hybridized carbons (Fsp3) is 0.200. The van der Waals surface area contributed by atoms with Crippen molar-refractivity contribution in [3.63, 3.8) is 0 Å². The molecule has 0 aliphatic heterocycles. The maximum atomic E-state index is 3.13. The van der Waals surface area contributed by atoms with Crippen LogP contribution in [0, 0.1) is 11.8 Å². The van der Waals surface area contributed by atoms with Gasteiger partial charge >= 0.3 is 0 Å². The Hall–Kier alpha value is -1.00. The van der Waals surface area contributed by atoms with Crippen LogP contribution in [-0.2, 0) is 6.42 Å². The first-order valence-corrected chi connectivity index (χ1v) is 4.53. The quantitative estimate of drug-likeness (QED) is 0.512. The lowest BCUT2D eigenvalue weighted by Crippen LogP contribution is -1.81. The Morgan fingerprint density at radius 3 is 3.36 bits per heavy atom. The molecule has 2 rings (SSSR count). The van der Waals surface area contributed by atoms with Crippen molar-refractivity contribution in [1.82, 2.24) is 0 Å². The molecule has 0 N–H and O–H groups in total. The van der Waals surface area contributed by atoms with E-state index < -0.39 is 0 Å². The van der Waals surface area contributed by atoms with Crippen LogP contribution >= 0.6 is 11.3 Å². The molecule has 0 fully saturated rings. The van der Waals surface area contributed by atoms with Gasteiger partial charge in [-0.05, 0) is 23.1 Å². The molecule has 11 heavy (non-hydrogen) atoms. The van der Waals surface area contributed by atoms with Crippen LogP contribution in [0.5, 0.6) is 0 Å². The van der Waals surface area contributed by atoms with Gasteiger partial charge < -0.3 is 0 Å². The zero-order chi connectivity index (χ0) is 7.52. The van der Waals surface area contributed by atoms with Crippen LogP contribution in [0.15, 0.2) is 17.5 Å². The van der Waals surface area contributed by atoms with Gasteiger partial charge in [-0.3, -0.25) is 0 Å². The van der Waals surface area contributed by atoms with Gasteiger partial charge in [-0.15, -0.1) is 11.3 Å². The molecule has 0 spiro atoms. The summed E-state index contributed by atoms with van der Waals surface area (Å²) in [5, 5.41) is 2.13. The fourth-order valence-electron chi connectivity index (χ4n) is 1.09. The molecule has 1 aromatic heterocycles. The molecule has 1 heterocycles. The van der Waals surface area contributed by atoms with Crippen molar-refractivity contribution in [2.75, 3.05) is 0 Å². The highest BCUT2D eigenvalue weighted by atomic mass is 32.1. The number of allylic oxidation sites excluding steroid dienone is 1. The minimum atomic E-state index is 0.900. The number of thiophene rings is 1. The monoisotopic (exact) mass is 160 g/mol. The Morgan fingerprint density at radius 1 is 1.36 bits per heavy atom. The van der Waals surface area contributed by atoms with Crippen molar-refractivity contribution in [3.8, 4) is 11.8 Å². The van der Waals surface area contributed by atoms with E-state index in [0.717, 1.165) is 12.8 Å². The van der Waals surface area contributed by atoms with E-state index >= 15 is 0 Å². The average Bonchev–Trinajstić information content (AvgIpc) is 2.35. The fourth-order valence-corrected chi connectivity index (χ4v) is 1.94. The molecule has 1 aliphatic carbocycles. The van der Waals surface area contributed by atoms with Gasteiger partial charge in [-0.1, -0.05) is 17.9 Å². The van der Waals surface area contributed by atoms with Crippen molar-refractivity contribution in [1.29, 1.82) is 0 Å². The molecule has 0 aromatic carbocycles. The zero-order valence-corrected chi connectivity index (χ0v) is 6.95. The molecule has 0 saturated carbocycles. The van der Waals surface area contributed by atoms with Crippen LogP contribution in [0.25, 0.3) is 6.08 Å². The number of fused-ring (bicyclic) bond motifs is 1. The summed E-state index contributed by atoms with van der Waals surface area (Å²) >= 11 is 1.79. The lowest BCUT2D eigenvalue weighted by Gasteiger charge is -1.94. The minimum Gasteiger partial charge on any atom is -0.144 e. The molecule has 0 bridgehead atoms. The summed E-state index contributed by atoms with van der Waals surface area (Å²) in [5.41, 5.74) is 1.37. The van der Waals surface area contributed by atoms with Gasteiger partial charge in [0.15, 0.2) is 0 Å². The molecule has 54 valence electrons. The minimum absolute atomic E-state index is 0.900. The van der Waals surface area contributed by atoms with Crippen molar-refractivity contribution < 1.29 is 0 Å². The first-order chi connectivity index (χ1) is 5.47. The van der Waals surface area contributed by atoms with Crippen LogP contribution in [0.3, 0.4) is 0 Å². The normalized spacial score (nSPS) is 17.1. The van der Waals surface area contributed by atoms with E-state index in [1.54, 1.807) is 11.3 Å². The first kappa shape index (κ1) is 6.69. The van der Waals surface area contributed by atoms with Crippen LogP contribution < -0.4 is 0 Å². The summed E-state index contributed by atoms with van der Waals surface area (Å²) < 4.78 is 0. The maximum absolute atomic E-state index is 3.13. The van der Waals surface area contributed by atoms with Crippen molar-refractivity contribution in [2.24, 2.45) is 0 Å². The van der Waals surface area contributed by atoms with E-state index in [9.17, 15) is 0 Å². The number of hydrogen-bond donors (Lipinski definition) is 0. The second kappa shape index (κ2) is 2.94. The lowest BCUT2D eigenvalue weighted by molar-refractivity contribution is 1.32. The molecule has 1 heteroatoms. The predicted molar refractivity (Wildman–Crippen MR) is 49.5 cm³/mol. The number of rotatable bonds is 0. The molecule has 0 saturated heterocycles. The molecular formula is C10H8S. The third-order valence-electron chi connectivity index (χ3n) is 1.67. The SMILES string of the molecule is C1#CCc2ccsc2/C=C\C1. The van der Waals surface area contributed by atoms with Crippen molar-refractivity contribution >= 4 is 17.4 Å². The van der Waals surface area contributed by atoms with E-state index in [2.05, 4.69) is 35.4 Å². The van der Waals surface area contributed by atoms with Gasteiger partial charge in [-0.2, -0.15) is 0 Å². The summed E-state index contributed by atoms with van der Waals surface area (Å²) in [6.45, 7) is 0. The molecule has 0 nitrogen and oxygen atoms in total. The molecule has 0 unspecified atom stereocenters. The predicted octanol–water partition coefficient (Wildman–Crippen LogP) is 2.71. The van der Waals surface area contributed by atoms with E-state index in [0.29, 0.717) is 0 Å². The Morgan fingerprint density at radius 2 is 2.36 bits per heavy atom. The second-order valence-corrected chi connectivity index (χ2v) is 3.39. The summed E-state index contributed by atoms with van der Waals surface area (Å²) in [7, 11) is 0. The lowest BCUT2D eigenvalue weighted by atomic mass is 10.1. The largest absolute Gasteiger partial charge is 0.144 e. The summed E-state index contributed by atoms with van der Waals surface area (Å²) in [6.07, 6.45) is 6.12. The summed E-state index contributed by atoms with van der Waals surface area (Å²) in [6, 6.07) is 2.16.